The number of hydrogen-bond donors (Lipinski definition) is 3. The molecule has 0 spiro atoms. The molecule has 0 radical (unpaired) electrons. The third-order valence-corrected chi connectivity index (χ3v) is 1.79. The lowest BCUT2D eigenvalue weighted by Crippen LogP contribution is -2.19. The number of nitrogens with zero attached hydrogens (tertiary/aromatic N) is 1. The summed E-state index contributed by atoms with van der Waals surface area (Å²) in [5.74, 6) is -0.301. The third-order valence-electron chi connectivity index (χ3n) is 1.66. The van der Waals surface area contributed by atoms with Crippen molar-refractivity contribution in [2.45, 2.75) is 6.92 Å². The van der Waals surface area contributed by atoms with Gasteiger partial charge in [0.1, 0.15) is 11.0 Å². The van der Waals surface area contributed by atoms with Crippen LogP contribution in [0.2, 0.25) is 0 Å². The molecule has 0 aliphatic rings. The molecule has 0 saturated heterocycles. The summed E-state index contributed by atoms with van der Waals surface area (Å²) < 4.78 is 4.51. The second-order valence-corrected chi connectivity index (χ2v) is 3.59. The molecule has 0 atom stereocenters. The molecule has 0 aliphatic heterocycles. The molecule has 1 aromatic heterocycles. The average molecular weight is 271 g/mol. The van der Waals surface area contributed by atoms with Crippen LogP contribution in [-0.4, -0.2) is 33.6 Å². The number of aromatic nitrogens is 2. The Morgan fingerprint density at radius 3 is 3.00 bits per heavy atom. The van der Waals surface area contributed by atoms with Gasteiger partial charge in [-0.15, -0.1) is 0 Å². The highest BCUT2D eigenvalue weighted by molar-refractivity contribution is 6.67. The summed E-state index contributed by atoms with van der Waals surface area (Å²) >= 11 is 5.33. The number of nitrogens with one attached hydrogen (secondary N) is 3. The van der Waals surface area contributed by atoms with Crippen molar-refractivity contribution in [1.29, 1.82) is 5.41 Å². The lowest BCUT2D eigenvalue weighted by Gasteiger charge is -2.01. The SMILES string of the molecule is CC(=O)OCC(=O)Nc1c[nH]c(/C=C\C(=N)Cl)n1. The van der Waals surface area contributed by atoms with Crippen molar-refractivity contribution < 1.29 is 14.3 Å². The van der Waals surface area contributed by atoms with E-state index in [2.05, 4.69) is 20.0 Å². The quantitative estimate of drug-likeness (QED) is 0.551. The maximum Gasteiger partial charge on any atom is 0.303 e. The molecule has 18 heavy (non-hydrogen) atoms. The van der Waals surface area contributed by atoms with Gasteiger partial charge in [0.25, 0.3) is 5.91 Å². The van der Waals surface area contributed by atoms with Crippen LogP contribution in [0.1, 0.15) is 12.7 Å². The van der Waals surface area contributed by atoms with Crippen molar-refractivity contribution in [3.05, 3.63) is 18.1 Å². The fraction of sp³-hybridized carbons (Fsp3) is 0.200. The van der Waals surface area contributed by atoms with Crippen LogP contribution in [-0.2, 0) is 14.3 Å². The molecule has 1 heterocycles. The van der Waals surface area contributed by atoms with E-state index in [1.165, 1.54) is 25.3 Å². The summed E-state index contributed by atoms with van der Waals surface area (Å²) in [7, 11) is 0. The van der Waals surface area contributed by atoms with E-state index in [1.807, 2.05) is 0 Å². The number of anilines is 1. The number of halogens is 1. The second-order valence-electron chi connectivity index (χ2n) is 3.18. The number of allylic oxidation sites excluding steroid dienone is 1. The summed E-state index contributed by atoms with van der Waals surface area (Å²) in [4.78, 5) is 28.5. The van der Waals surface area contributed by atoms with Crippen LogP contribution in [0.15, 0.2) is 12.3 Å². The zero-order valence-corrected chi connectivity index (χ0v) is 10.2. The first-order valence-electron chi connectivity index (χ1n) is 4.88. The fourth-order valence-corrected chi connectivity index (χ4v) is 1.05. The minimum Gasteiger partial charge on any atom is -0.456 e. The second kappa shape index (κ2) is 6.55. The topological polar surface area (TPSA) is 108 Å². The summed E-state index contributed by atoms with van der Waals surface area (Å²) in [5.41, 5.74) is 0. The van der Waals surface area contributed by atoms with Gasteiger partial charge in [0, 0.05) is 13.1 Å². The van der Waals surface area contributed by atoms with Crippen LogP contribution in [0.5, 0.6) is 0 Å². The normalized spacial score (nSPS) is 10.3. The maximum atomic E-state index is 11.3. The van der Waals surface area contributed by atoms with Crippen LogP contribution in [0.3, 0.4) is 0 Å². The molecule has 96 valence electrons. The molecule has 1 rings (SSSR count). The highest BCUT2D eigenvalue weighted by atomic mass is 35.5. The first-order chi connectivity index (χ1) is 8.47. The minimum absolute atomic E-state index is 0.133. The van der Waals surface area contributed by atoms with Crippen LogP contribution in [0.25, 0.3) is 6.08 Å². The Hall–Kier alpha value is -2.15. The first kappa shape index (κ1) is 13.9. The van der Waals surface area contributed by atoms with Gasteiger partial charge < -0.3 is 15.0 Å². The number of imidazole rings is 1. The number of ether oxygens (including phenoxy) is 1. The summed E-state index contributed by atoms with van der Waals surface area (Å²) in [6.45, 7) is 0.853. The highest BCUT2D eigenvalue weighted by Gasteiger charge is 2.06. The minimum atomic E-state index is -0.531. The van der Waals surface area contributed by atoms with E-state index in [-0.39, 0.29) is 17.6 Å². The van der Waals surface area contributed by atoms with Crippen LogP contribution < -0.4 is 5.32 Å². The number of aromatic amines is 1. The van der Waals surface area contributed by atoms with Gasteiger partial charge in [-0.2, -0.15) is 0 Å². The Kier molecular flexibility index (Phi) is 5.06. The predicted molar refractivity (Wildman–Crippen MR) is 66.5 cm³/mol. The first-order valence-corrected chi connectivity index (χ1v) is 5.26. The van der Waals surface area contributed by atoms with Crippen LogP contribution >= 0.6 is 11.6 Å². The molecule has 0 unspecified atom stereocenters. The van der Waals surface area contributed by atoms with Gasteiger partial charge in [-0.1, -0.05) is 11.6 Å². The summed E-state index contributed by atoms with van der Waals surface area (Å²) in [6, 6.07) is 0. The number of rotatable bonds is 5. The van der Waals surface area contributed by atoms with Gasteiger partial charge in [0.05, 0.1) is 0 Å². The summed E-state index contributed by atoms with van der Waals surface area (Å²) in [5, 5.41) is 9.27. The monoisotopic (exact) mass is 270 g/mol. The number of H-pyrrole nitrogens is 1. The van der Waals surface area contributed by atoms with Crippen molar-refractivity contribution in [2.75, 3.05) is 11.9 Å². The molecule has 8 heteroatoms. The molecule has 1 aromatic rings. The van der Waals surface area contributed by atoms with Crippen molar-refractivity contribution in [1.82, 2.24) is 9.97 Å². The Bertz CT molecular complexity index is 495. The van der Waals surface area contributed by atoms with Gasteiger partial charge in [-0.05, 0) is 12.2 Å². The number of carbonyl (C=O) groups is 2. The van der Waals surface area contributed by atoms with Crippen molar-refractivity contribution in [3.63, 3.8) is 0 Å². The lowest BCUT2D eigenvalue weighted by atomic mass is 10.5. The van der Waals surface area contributed by atoms with Crippen molar-refractivity contribution >= 4 is 40.5 Å². The Morgan fingerprint density at radius 2 is 2.39 bits per heavy atom. The standard InChI is InChI=1S/C10H11ClN4O3/c1-6(16)18-5-10(17)15-9-4-13-8(14-9)3-2-7(11)12/h2-4,12H,5H2,1H3,(H,13,14)(H,15,17)/b3-2-,12-7?. The highest BCUT2D eigenvalue weighted by Crippen LogP contribution is 2.05. The van der Waals surface area contributed by atoms with Gasteiger partial charge >= 0.3 is 5.97 Å². The van der Waals surface area contributed by atoms with Gasteiger partial charge in [-0.3, -0.25) is 15.0 Å². The zero-order valence-electron chi connectivity index (χ0n) is 9.49. The molecule has 1 amide bonds. The molecule has 0 aliphatic carbocycles. The van der Waals surface area contributed by atoms with E-state index < -0.39 is 11.9 Å². The van der Waals surface area contributed by atoms with E-state index >= 15 is 0 Å². The van der Waals surface area contributed by atoms with E-state index in [9.17, 15) is 9.59 Å². The number of esters is 1. The molecule has 7 nitrogen and oxygen atoms in total. The average Bonchev–Trinajstić information content (AvgIpc) is 2.71. The van der Waals surface area contributed by atoms with E-state index in [4.69, 9.17) is 17.0 Å². The van der Waals surface area contributed by atoms with Crippen molar-refractivity contribution in [2.24, 2.45) is 0 Å². The van der Waals surface area contributed by atoms with Gasteiger partial charge in [0.15, 0.2) is 12.4 Å². The molecule has 0 aromatic carbocycles. The lowest BCUT2D eigenvalue weighted by molar-refractivity contribution is -0.144. The largest absolute Gasteiger partial charge is 0.456 e. The van der Waals surface area contributed by atoms with Crippen LogP contribution in [0, 0.1) is 5.41 Å². The van der Waals surface area contributed by atoms with Crippen LogP contribution in [0.4, 0.5) is 5.82 Å². The molecule has 0 saturated carbocycles. The fourth-order valence-electron chi connectivity index (χ4n) is 0.984. The van der Waals surface area contributed by atoms with E-state index in [0.29, 0.717) is 5.82 Å². The predicted octanol–water partition coefficient (Wildman–Crippen LogP) is 1.14. The number of amides is 1. The van der Waals surface area contributed by atoms with E-state index in [0.717, 1.165) is 0 Å². The Morgan fingerprint density at radius 1 is 1.67 bits per heavy atom. The number of hydrogen-bond acceptors (Lipinski definition) is 5. The summed E-state index contributed by atoms with van der Waals surface area (Å²) in [6.07, 6.45) is 4.28. The zero-order chi connectivity index (χ0) is 13.5. The van der Waals surface area contributed by atoms with Crippen molar-refractivity contribution in [3.8, 4) is 0 Å². The molecule has 3 N–H and O–H groups in total. The smallest absolute Gasteiger partial charge is 0.303 e. The molecular weight excluding hydrogens is 260 g/mol. The Labute approximate surface area is 108 Å². The number of carbonyl (C=O) groups excluding carboxylic acids is 2. The molecule has 0 fully saturated rings. The van der Waals surface area contributed by atoms with Gasteiger partial charge in [0.2, 0.25) is 0 Å². The molecule has 0 bridgehead atoms. The van der Waals surface area contributed by atoms with E-state index in [1.54, 1.807) is 0 Å². The third kappa shape index (κ3) is 5.26. The van der Waals surface area contributed by atoms with Gasteiger partial charge in [-0.25, -0.2) is 4.98 Å². The maximum absolute atomic E-state index is 11.3. The molecular formula is C10H11ClN4O3. The Balaban J connectivity index is 2.51.